The number of hydrogen-bond donors (Lipinski definition) is 2. The van der Waals surface area contributed by atoms with Gasteiger partial charge in [0.2, 0.25) is 0 Å². The van der Waals surface area contributed by atoms with Gasteiger partial charge in [0, 0.05) is 0 Å². The molecule has 0 amide bonds. The van der Waals surface area contributed by atoms with Crippen molar-refractivity contribution in [3.05, 3.63) is 0 Å². The summed E-state index contributed by atoms with van der Waals surface area (Å²) in [4.78, 5) is 0. The number of alkyl halides is 4. The first-order chi connectivity index (χ1) is 3.25. The van der Waals surface area contributed by atoms with Crippen molar-refractivity contribution < 1.29 is 13.2 Å². The van der Waals surface area contributed by atoms with Crippen LogP contribution in [0.3, 0.4) is 0 Å². The lowest BCUT2D eigenvalue weighted by Gasteiger charge is -2.18. The molecule has 0 aromatic heterocycles. The van der Waals surface area contributed by atoms with E-state index in [0.29, 0.717) is 0 Å². The van der Waals surface area contributed by atoms with Gasteiger partial charge < -0.3 is 0 Å². The van der Waals surface area contributed by atoms with Gasteiger partial charge in [0.25, 0.3) is 0 Å². The highest BCUT2D eigenvalue weighted by Gasteiger charge is 2.47. The van der Waals surface area contributed by atoms with Crippen molar-refractivity contribution in [2.45, 2.75) is 11.3 Å². The molecule has 0 aromatic carbocycles. The average Bonchev–Trinajstić information content (AvgIpc) is 1.25. The summed E-state index contributed by atoms with van der Waals surface area (Å²) in [6, 6.07) is -4.19. The van der Waals surface area contributed by atoms with Gasteiger partial charge in [0.1, 0.15) is 0 Å². The first-order valence-electron chi connectivity index (χ1n) is 1.58. The molecule has 0 aliphatic heterocycles. The van der Waals surface area contributed by atoms with Crippen LogP contribution in [0.4, 0.5) is 13.2 Å². The molecule has 4 N–H and O–H groups in total. The minimum absolute atomic E-state index is 3.65. The van der Waals surface area contributed by atoms with E-state index in [1.807, 2.05) is 0 Å². The quantitative estimate of drug-likeness (QED) is 0.417. The van der Waals surface area contributed by atoms with E-state index in [-0.39, 0.29) is 0 Å². The maximum absolute atomic E-state index is 11.6. The number of hydrogen-bond acceptors (Lipinski definition) is 2. The maximum atomic E-state index is 11.6. The van der Waals surface area contributed by atoms with Gasteiger partial charge in [-0.1, -0.05) is 11.6 Å². The Balaban J connectivity index is 4.02. The van der Waals surface area contributed by atoms with E-state index in [1.165, 1.54) is 0 Å². The van der Waals surface area contributed by atoms with Gasteiger partial charge in [-0.25, -0.2) is 0 Å². The maximum Gasteiger partial charge on any atom is 0.361 e. The molecule has 0 heterocycles. The van der Waals surface area contributed by atoms with Gasteiger partial charge in [-0.2, -0.15) is 13.2 Å². The fourth-order valence-corrected chi connectivity index (χ4v) is 0. The molecule has 0 aliphatic rings. The van der Waals surface area contributed by atoms with Gasteiger partial charge in [-0.3, -0.25) is 11.5 Å². The van der Waals surface area contributed by atoms with Crippen LogP contribution in [0.25, 0.3) is 0 Å². The van der Waals surface area contributed by atoms with Crippen molar-refractivity contribution in [3.63, 3.8) is 0 Å². The number of halogens is 4. The Morgan fingerprint density at radius 3 is 1.25 bits per heavy atom. The van der Waals surface area contributed by atoms with Crippen LogP contribution in [0.1, 0.15) is 0 Å². The Morgan fingerprint density at radius 2 is 1.25 bits per heavy atom. The molecule has 0 aromatic rings. The predicted octanol–water partition coefficient (Wildman–Crippen LogP) is 0.359. The summed E-state index contributed by atoms with van der Waals surface area (Å²) in [6.45, 7) is 0. The fourth-order valence-electron chi connectivity index (χ4n) is 0. The van der Waals surface area contributed by atoms with Gasteiger partial charge in [0.15, 0.2) is 0 Å². The van der Waals surface area contributed by atoms with E-state index in [4.69, 9.17) is 0 Å². The van der Waals surface area contributed by atoms with Crippen molar-refractivity contribution >= 4 is 11.6 Å². The lowest BCUT2D eigenvalue weighted by molar-refractivity contribution is -0.0865. The molecule has 0 radical (unpaired) electrons. The largest absolute Gasteiger partial charge is 0.361 e. The van der Waals surface area contributed by atoms with Crippen molar-refractivity contribution in [1.82, 2.24) is 0 Å². The Labute approximate surface area is 48.6 Å². The molecule has 1 atom stereocenters. The average molecular weight is 149 g/mol. The lowest BCUT2D eigenvalue weighted by Crippen LogP contribution is -2.53. The molecule has 0 spiro atoms. The summed E-state index contributed by atoms with van der Waals surface area (Å²) in [6.07, 6.45) is 0. The molecule has 8 heavy (non-hydrogen) atoms. The number of nitrogens with two attached hydrogens (primary N) is 2. The van der Waals surface area contributed by atoms with Crippen LogP contribution in [0.2, 0.25) is 0 Å². The van der Waals surface area contributed by atoms with Gasteiger partial charge >= 0.3 is 11.3 Å². The second-order valence-corrected chi connectivity index (χ2v) is 1.80. The third kappa shape index (κ3) is 1.85. The van der Waals surface area contributed by atoms with Crippen LogP contribution >= 0.6 is 11.6 Å². The molecule has 0 fully saturated rings. The molecule has 0 saturated carbocycles. The summed E-state index contributed by atoms with van der Waals surface area (Å²) >= 11 is 4.25. The van der Waals surface area contributed by atoms with E-state index in [0.717, 1.165) is 0 Å². The summed E-state index contributed by atoms with van der Waals surface area (Å²) in [5.41, 5.74) is 7.88. The second kappa shape index (κ2) is 1.75. The van der Waals surface area contributed by atoms with Crippen LogP contribution in [0.15, 0.2) is 0 Å². The zero-order chi connectivity index (χ0) is 7.00. The lowest BCUT2D eigenvalue weighted by atomic mass is 10.5. The molecule has 50 valence electrons. The highest BCUT2D eigenvalue weighted by molar-refractivity contribution is 6.22. The van der Waals surface area contributed by atoms with E-state index in [2.05, 4.69) is 23.1 Å². The summed E-state index contributed by atoms with van der Waals surface area (Å²) in [5.74, 6) is 0. The van der Waals surface area contributed by atoms with E-state index >= 15 is 0 Å². The minimum atomic E-state index is -4.19. The van der Waals surface area contributed by atoms with Crippen LogP contribution in [-0.4, -0.2) is 11.3 Å². The number of rotatable bonds is 1. The molecule has 6 heteroatoms. The zero-order valence-electron chi connectivity index (χ0n) is 3.67. The minimum Gasteiger partial charge on any atom is -0.280 e. The highest BCUT2D eigenvalue weighted by Crippen LogP contribution is 2.25. The van der Waals surface area contributed by atoms with Crippen LogP contribution in [0.5, 0.6) is 0 Å². The molecular weight excluding hydrogens is 144 g/mol. The SMILES string of the molecule is NC(F)(F)C(N)(F)Cl. The van der Waals surface area contributed by atoms with E-state index in [1.54, 1.807) is 0 Å². The molecule has 0 aliphatic carbocycles. The Bertz CT molecular complexity index is 70.3. The monoisotopic (exact) mass is 148 g/mol. The summed E-state index contributed by atoms with van der Waals surface area (Å²) < 4.78 is 34.3. The molecule has 2 nitrogen and oxygen atoms in total. The normalized spacial score (nSPS) is 20.2. The summed E-state index contributed by atoms with van der Waals surface area (Å²) in [5, 5.41) is -3.65. The first-order valence-corrected chi connectivity index (χ1v) is 1.96. The van der Waals surface area contributed by atoms with Crippen molar-refractivity contribution in [3.8, 4) is 0 Å². The molecule has 0 bridgehead atoms. The third-order valence-corrected chi connectivity index (χ3v) is 0.696. The third-order valence-electron chi connectivity index (χ3n) is 0.444. The van der Waals surface area contributed by atoms with Crippen LogP contribution in [0, 0.1) is 0 Å². The van der Waals surface area contributed by atoms with Crippen LogP contribution in [-0.2, 0) is 0 Å². The van der Waals surface area contributed by atoms with E-state index < -0.39 is 11.3 Å². The Morgan fingerprint density at radius 1 is 1.12 bits per heavy atom. The zero-order valence-corrected chi connectivity index (χ0v) is 4.42. The topological polar surface area (TPSA) is 52.0 Å². The first kappa shape index (κ1) is 8.00. The standard InChI is InChI=1S/C2H4ClF3N2/c3-1(4,7)2(5,6)8/h7-8H2. The molecule has 0 rings (SSSR count). The second-order valence-electron chi connectivity index (χ2n) is 1.25. The molecular formula is C2H4ClF3N2. The van der Waals surface area contributed by atoms with Crippen molar-refractivity contribution in [2.75, 3.05) is 0 Å². The fraction of sp³-hybridized carbons (Fsp3) is 1.00. The van der Waals surface area contributed by atoms with Crippen molar-refractivity contribution in [1.29, 1.82) is 0 Å². The Hall–Kier alpha value is -0.0000000000000000555. The van der Waals surface area contributed by atoms with Crippen molar-refractivity contribution in [2.24, 2.45) is 11.5 Å². The Kier molecular flexibility index (Phi) is 1.75. The van der Waals surface area contributed by atoms with Crippen LogP contribution < -0.4 is 11.5 Å². The van der Waals surface area contributed by atoms with E-state index in [9.17, 15) is 13.2 Å². The summed E-state index contributed by atoms with van der Waals surface area (Å²) in [7, 11) is 0. The highest BCUT2D eigenvalue weighted by atomic mass is 35.5. The van der Waals surface area contributed by atoms with Gasteiger partial charge in [-0.15, -0.1) is 0 Å². The van der Waals surface area contributed by atoms with Gasteiger partial charge in [0.05, 0.1) is 0 Å². The smallest absolute Gasteiger partial charge is 0.280 e. The molecule has 0 saturated heterocycles. The molecule has 1 unspecified atom stereocenters. The van der Waals surface area contributed by atoms with Gasteiger partial charge in [-0.05, 0) is 0 Å². The predicted molar refractivity (Wildman–Crippen MR) is 23.0 cm³/mol.